The van der Waals surface area contributed by atoms with Crippen LogP contribution in [0.1, 0.15) is 16.7 Å². The predicted octanol–water partition coefficient (Wildman–Crippen LogP) is 4.54. The van der Waals surface area contributed by atoms with Crippen molar-refractivity contribution in [3.63, 3.8) is 0 Å². The summed E-state index contributed by atoms with van der Waals surface area (Å²) in [5.41, 5.74) is 3.66. The SMILES string of the molecule is COCc1cccc(CNCc2ccc(Cl)c(Br)c2)c1. The first-order valence-corrected chi connectivity index (χ1v) is 7.57. The second-order valence-corrected chi connectivity index (χ2v) is 5.87. The molecular formula is C16H17BrClNO. The van der Waals surface area contributed by atoms with Gasteiger partial charge in [0.1, 0.15) is 0 Å². The Morgan fingerprint density at radius 1 is 1.05 bits per heavy atom. The van der Waals surface area contributed by atoms with Gasteiger partial charge in [-0.15, -0.1) is 0 Å². The molecule has 2 aromatic rings. The highest BCUT2D eigenvalue weighted by Gasteiger charge is 2.00. The Morgan fingerprint density at radius 3 is 2.45 bits per heavy atom. The van der Waals surface area contributed by atoms with Crippen molar-refractivity contribution in [2.75, 3.05) is 7.11 Å². The van der Waals surface area contributed by atoms with E-state index in [2.05, 4.69) is 45.5 Å². The number of hydrogen-bond donors (Lipinski definition) is 1. The van der Waals surface area contributed by atoms with Crippen LogP contribution in [0.5, 0.6) is 0 Å². The van der Waals surface area contributed by atoms with Gasteiger partial charge in [0.25, 0.3) is 0 Å². The van der Waals surface area contributed by atoms with Crippen LogP contribution in [0.4, 0.5) is 0 Å². The molecule has 0 heterocycles. The maximum absolute atomic E-state index is 5.98. The first-order valence-electron chi connectivity index (χ1n) is 6.40. The first-order chi connectivity index (χ1) is 9.69. The Labute approximate surface area is 133 Å². The molecular weight excluding hydrogens is 338 g/mol. The number of ether oxygens (including phenoxy) is 1. The van der Waals surface area contributed by atoms with Crippen LogP contribution >= 0.6 is 27.5 Å². The molecule has 106 valence electrons. The highest BCUT2D eigenvalue weighted by Crippen LogP contribution is 2.23. The normalized spacial score (nSPS) is 10.8. The molecule has 0 saturated carbocycles. The van der Waals surface area contributed by atoms with E-state index < -0.39 is 0 Å². The molecule has 0 saturated heterocycles. The highest BCUT2D eigenvalue weighted by molar-refractivity contribution is 9.10. The van der Waals surface area contributed by atoms with E-state index in [0.717, 1.165) is 22.6 Å². The monoisotopic (exact) mass is 353 g/mol. The molecule has 0 aliphatic carbocycles. The molecule has 2 nitrogen and oxygen atoms in total. The summed E-state index contributed by atoms with van der Waals surface area (Å²) < 4.78 is 6.07. The number of benzene rings is 2. The summed E-state index contributed by atoms with van der Waals surface area (Å²) in [5, 5.41) is 4.17. The van der Waals surface area contributed by atoms with Crippen LogP contribution in [0.2, 0.25) is 5.02 Å². The molecule has 0 spiro atoms. The third kappa shape index (κ3) is 4.60. The molecule has 2 aromatic carbocycles. The van der Waals surface area contributed by atoms with Crippen LogP contribution < -0.4 is 5.32 Å². The number of nitrogens with one attached hydrogen (secondary N) is 1. The van der Waals surface area contributed by atoms with Crippen molar-refractivity contribution in [1.29, 1.82) is 0 Å². The Bertz CT molecular complexity index is 574. The van der Waals surface area contributed by atoms with Crippen LogP contribution in [0, 0.1) is 0 Å². The van der Waals surface area contributed by atoms with Crippen LogP contribution in [-0.2, 0) is 24.4 Å². The molecule has 0 fully saturated rings. The summed E-state index contributed by atoms with van der Waals surface area (Å²) in [6, 6.07) is 14.4. The number of hydrogen-bond acceptors (Lipinski definition) is 2. The van der Waals surface area contributed by atoms with Gasteiger partial charge < -0.3 is 10.1 Å². The van der Waals surface area contributed by atoms with E-state index in [1.54, 1.807) is 7.11 Å². The maximum atomic E-state index is 5.98. The maximum Gasteiger partial charge on any atom is 0.0713 e. The minimum absolute atomic E-state index is 0.651. The minimum Gasteiger partial charge on any atom is -0.380 e. The number of rotatable bonds is 6. The van der Waals surface area contributed by atoms with Crippen molar-refractivity contribution in [1.82, 2.24) is 5.32 Å². The smallest absolute Gasteiger partial charge is 0.0713 e. The van der Waals surface area contributed by atoms with E-state index in [0.29, 0.717) is 6.61 Å². The molecule has 0 aromatic heterocycles. The summed E-state index contributed by atoms with van der Waals surface area (Å²) in [5.74, 6) is 0. The molecule has 0 radical (unpaired) electrons. The molecule has 0 aliphatic rings. The van der Waals surface area contributed by atoms with Gasteiger partial charge >= 0.3 is 0 Å². The van der Waals surface area contributed by atoms with E-state index >= 15 is 0 Å². The first kappa shape index (κ1) is 15.5. The van der Waals surface area contributed by atoms with Gasteiger partial charge in [0.15, 0.2) is 0 Å². The zero-order valence-corrected chi connectivity index (χ0v) is 13.7. The molecule has 2 rings (SSSR count). The molecule has 1 N–H and O–H groups in total. The largest absolute Gasteiger partial charge is 0.380 e. The van der Waals surface area contributed by atoms with Gasteiger partial charge in [0.2, 0.25) is 0 Å². The number of methoxy groups -OCH3 is 1. The summed E-state index contributed by atoms with van der Waals surface area (Å²) in [6.45, 7) is 2.29. The summed E-state index contributed by atoms with van der Waals surface area (Å²) in [6.07, 6.45) is 0. The fraction of sp³-hybridized carbons (Fsp3) is 0.250. The van der Waals surface area contributed by atoms with Crippen molar-refractivity contribution in [3.8, 4) is 0 Å². The zero-order chi connectivity index (χ0) is 14.4. The fourth-order valence-electron chi connectivity index (χ4n) is 2.00. The van der Waals surface area contributed by atoms with Crippen molar-refractivity contribution >= 4 is 27.5 Å². The molecule has 0 unspecified atom stereocenters. The zero-order valence-electron chi connectivity index (χ0n) is 11.3. The molecule has 0 atom stereocenters. The van der Waals surface area contributed by atoms with Crippen molar-refractivity contribution in [2.45, 2.75) is 19.7 Å². The van der Waals surface area contributed by atoms with E-state index in [1.165, 1.54) is 16.7 Å². The summed E-state index contributed by atoms with van der Waals surface area (Å²) in [4.78, 5) is 0. The topological polar surface area (TPSA) is 21.3 Å². The average molecular weight is 355 g/mol. The van der Waals surface area contributed by atoms with Crippen LogP contribution in [0.25, 0.3) is 0 Å². The van der Waals surface area contributed by atoms with Gasteiger partial charge in [-0.2, -0.15) is 0 Å². The van der Waals surface area contributed by atoms with Gasteiger partial charge in [-0.1, -0.05) is 41.9 Å². The lowest BCUT2D eigenvalue weighted by Gasteiger charge is -2.08. The molecule has 20 heavy (non-hydrogen) atoms. The molecule has 0 amide bonds. The third-order valence-electron chi connectivity index (χ3n) is 2.94. The molecule has 0 bridgehead atoms. The Hall–Kier alpha value is -0.870. The summed E-state index contributed by atoms with van der Waals surface area (Å²) in [7, 11) is 1.71. The quantitative estimate of drug-likeness (QED) is 0.822. The highest BCUT2D eigenvalue weighted by atomic mass is 79.9. The molecule has 0 aliphatic heterocycles. The van der Waals surface area contributed by atoms with E-state index in [1.807, 2.05) is 18.2 Å². The predicted molar refractivity (Wildman–Crippen MR) is 86.9 cm³/mol. The standard InChI is InChI=1S/C16H17BrClNO/c1-20-11-14-4-2-3-12(7-14)9-19-10-13-5-6-16(18)15(17)8-13/h2-8,19H,9-11H2,1H3. The van der Waals surface area contributed by atoms with Gasteiger partial charge in [-0.3, -0.25) is 0 Å². The van der Waals surface area contributed by atoms with Crippen LogP contribution in [-0.4, -0.2) is 7.11 Å². The third-order valence-corrected chi connectivity index (χ3v) is 4.16. The van der Waals surface area contributed by atoms with Crippen molar-refractivity contribution in [2.24, 2.45) is 0 Å². The van der Waals surface area contributed by atoms with Crippen molar-refractivity contribution in [3.05, 3.63) is 68.7 Å². The van der Waals surface area contributed by atoms with E-state index in [9.17, 15) is 0 Å². The van der Waals surface area contributed by atoms with Gasteiger partial charge in [-0.25, -0.2) is 0 Å². The van der Waals surface area contributed by atoms with Crippen LogP contribution in [0.3, 0.4) is 0 Å². The number of halogens is 2. The van der Waals surface area contributed by atoms with Gasteiger partial charge in [0, 0.05) is 24.7 Å². The van der Waals surface area contributed by atoms with Gasteiger partial charge in [-0.05, 0) is 44.8 Å². The second kappa shape index (κ2) is 7.79. The summed E-state index contributed by atoms with van der Waals surface area (Å²) >= 11 is 9.41. The lowest BCUT2D eigenvalue weighted by Crippen LogP contribution is -2.12. The van der Waals surface area contributed by atoms with Crippen molar-refractivity contribution < 1.29 is 4.74 Å². The second-order valence-electron chi connectivity index (χ2n) is 4.60. The Morgan fingerprint density at radius 2 is 1.75 bits per heavy atom. The minimum atomic E-state index is 0.651. The van der Waals surface area contributed by atoms with Crippen LogP contribution in [0.15, 0.2) is 46.9 Å². The van der Waals surface area contributed by atoms with E-state index in [4.69, 9.17) is 16.3 Å². The Kier molecular flexibility index (Phi) is 6.05. The fourth-order valence-corrected chi connectivity index (χ4v) is 2.54. The van der Waals surface area contributed by atoms with Gasteiger partial charge in [0.05, 0.1) is 11.6 Å². The van der Waals surface area contributed by atoms with E-state index in [-0.39, 0.29) is 0 Å². The lowest BCUT2D eigenvalue weighted by molar-refractivity contribution is 0.185. The Balaban J connectivity index is 1.89. The average Bonchev–Trinajstić information content (AvgIpc) is 2.44. The molecule has 4 heteroatoms. The lowest BCUT2D eigenvalue weighted by atomic mass is 10.1.